The number of pyridine rings is 1. The predicted octanol–water partition coefficient (Wildman–Crippen LogP) is 3.13. The molecule has 2 aromatic heterocycles. The molecule has 2 saturated heterocycles. The molecule has 2 aliphatic rings. The van der Waals surface area contributed by atoms with Crippen molar-refractivity contribution in [2.45, 2.75) is 32.1 Å². The molecule has 1 aromatic carbocycles. The summed E-state index contributed by atoms with van der Waals surface area (Å²) < 4.78 is 0. The Hall–Kier alpha value is -3.22. The highest BCUT2D eigenvalue weighted by molar-refractivity contribution is 5.95. The van der Waals surface area contributed by atoms with Gasteiger partial charge in [-0.25, -0.2) is 9.97 Å². The molecule has 31 heavy (non-hydrogen) atoms. The van der Waals surface area contributed by atoms with Gasteiger partial charge in [0, 0.05) is 43.9 Å². The van der Waals surface area contributed by atoms with Gasteiger partial charge in [-0.2, -0.15) is 0 Å². The minimum absolute atomic E-state index is 0.0208. The van der Waals surface area contributed by atoms with E-state index < -0.39 is 0 Å². The molecular weight excluding hydrogens is 390 g/mol. The fourth-order valence-corrected chi connectivity index (χ4v) is 4.71. The average molecular weight is 418 g/mol. The Morgan fingerprint density at radius 2 is 1.74 bits per heavy atom. The van der Waals surface area contributed by atoms with E-state index >= 15 is 0 Å². The molecule has 7 heteroatoms. The first-order chi connectivity index (χ1) is 15.1. The summed E-state index contributed by atoms with van der Waals surface area (Å²) in [4.78, 5) is 42.0. The van der Waals surface area contributed by atoms with Crippen LogP contribution in [-0.2, 0) is 4.79 Å². The molecule has 5 rings (SSSR count). The van der Waals surface area contributed by atoms with Crippen LogP contribution in [0.2, 0.25) is 0 Å². The number of carbonyl (C=O) groups is 2. The van der Waals surface area contributed by atoms with E-state index in [1.807, 2.05) is 53.1 Å². The van der Waals surface area contributed by atoms with Gasteiger partial charge in [-0.1, -0.05) is 17.7 Å². The van der Waals surface area contributed by atoms with Crippen molar-refractivity contribution in [2.24, 2.45) is 5.92 Å². The van der Waals surface area contributed by atoms with Gasteiger partial charge in [0.05, 0.1) is 11.4 Å². The largest absolute Gasteiger partial charge is 0.342 e. The molecule has 1 unspecified atom stereocenters. The second-order valence-corrected chi connectivity index (χ2v) is 8.70. The summed E-state index contributed by atoms with van der Waals surface area (Å²) in [5.41, 5.74) is 3.54. The van der Waals surface area contributed by atoms with Gasteiger partial charge in [0.1, 0.15) is 5.82 Å². The summed E-state index contributed by atoms with van der Waals surface area (Å²) in [5, 5.41) is 0. The van der Waals surface area contributed by atoms with Gasteiger partial charge in [-0.3, -0.25) is 9.59 Å². The maximum atomic E-state index is 13.1. The van der Waals surface area contributed by atoms with Gasteiger partial charge in [0.15, 0.2) is 5.65 Å². The molecule has 0 saturated carbocycles. The van der Waals surface area contributed by atoms with Gasteiger partial charge < -0.3 is 14.8 Å². The van der Waals surface area contributed by atoms with E-state index in [4.69, 9.17) is 0 Å². The monoisotopic (exact) mass is 417 g/mol. The quantitative estimate of drug-likeness (QED) is 0.710. The number of aromatic nitrogens is 3. The van der Waals surface area contributed by atoms with Gasteiger partial charge in [-0.15, -0.1) is 0 Å². The van der Waals surface area contributed by atoms with Gasteiger partial charge in [0.25, 0.3) is 5.91 Å². The Bertz CT molecular complexity index is 1070. The highest BCUT2D eigenvalue weighted by atomic mass is 16.2. The van der Waals surface area contributed by atoms with E-state index in [9.17, 15) is 9.59 Å². The van der Waals surface area contributed by atoms with Gasteiger partial charge >= 0.3 is 0 Å². The molecule has 1 N–H and O–H groups in total. The smallest absolute Gasteiger partial charge is 0.253 e. The van der Waals surface area contributed by atoms with E-state index in [0.29, 0.717) is 24.6 Å². The predicted molar refractivity (Wildman–Crippen MR) is 118 cm³/mol. The number of aryl methyl sites for hydroxylation is 1. The van der Waals surface area contributed by atoms with Crippen LogP contribution in [0.25, 0.3) is 11.2 Å². The zero-order valence-corrected chi connectivity index (χ0v) is 17.8. The highest BCUT2D eigenvalue weighted by Crippen LogP contribution is 2.29. The second-order valence-electron chi connectivity index (χ2n) is 8.70. The second kappa shape index (κ2) is 8.13. The number of fused-ring (bicyclic) bond motifs is 1. The maximum absolute atomic E-state index is 13.1. The highest BCUT2D eigenvalue weighted by Gasteiger charge is 2.35. The van der Waals surface area contributed by atoms with Crippen molar-refractivity contribution < 1.29 is 9.59 Å². The number of carbonyl (C=O) groups excluding carboxylic acids is 2. The van der Waals surface area contributed by atoms with Crippen LogP contribution in [0, 0.1) is 12.8 Å². The SMILES string of the molecule is Cc1ccc(C(=O)N2CCC(C(=O)N3CCC(c4nc5ncccc5[nH]4)CC3)C2)cc1. The topological polar surface area (TPSA) is 82.2 Å². The summed E-state index contributed by atoms with van der Waals surface area (Å²) in [6.07, 6.45) is 4.28. The molecule has 2 fully saturated rings. The Morgan fingerprint density at radius 3 is 2.48 bits per heavy atom. The van der Waals surface area contributed by atoms with Crippen molar-refractivity contribution in [3.05, 3.63) is 59.5 Å². The van der Waals surface area contributed by atoms with E-state index in [1.54, 1.807) is 6.20 Å². The lowest BCUT2D eigenvalue weighted by molar-refractivity contribution is -0.136. The molecule has 2 amide bonds. The Balaban J connectivity index is 1.17. The number of rotatable bonds is 3. The summed E-state index contributed by atoms with van der Waals surface area (Å²) >= 11 is 0. The van der Waals surface area contributed by atoms with Crippen molar-refractivity contribution in [1.29, 1.82) is 0 Å². The van der Waals surface area contributed by atoms with E-state index in [1.165, 1.54) is 0 Å². The van der Waals surface area contributed by atoms with Crippen LogP contribution >= 0.6 is 0 Å². The zero-order valence-electron chi connectivity index (χ0n) is 17.8. The molecule has 2 aliphatic heterocycles. The first kappa shape index (κ1) is 19.7. The minimum Gasteiger partial charge on any atom is -0.342 e. The summed E-state index contributed by atoms with van der Waals surface area (Å²) in [7, 11) is 0. The maximum Gasteiger partial charge on any atom is 0.253 e. The lowest BCUT2D eigenvalue weighted by Crippen LogP contribution is -2.42. The number of hydrogen-bond donors (Lipinski definition) is 1. The molecule has 160 valence electrons. The number of aromatic amines is 1. The van der Waals surface area contributed by atoms with Crippen molar-refractivity contribution >= 4 is 23.0 Å². The lowest BCUT2D eigenvalue weighted by Gasteiger charge is -2.32. The minimum atomic E-state index is -0.0960. The van der Waals surface area contributed by atoms with Crippen LogP contribution in [-0.4, -0.2) is 62.7 Å². The number of piperidine rings is 1. The van der Waals surface area contributed by atoms with E-state index in [-0.39, 0.29) is 17.7 Å². The third-order valence-corrected chi connectivity index (χ3v) is 6.59. The third kappa shape index (κ3) is 3.92. The molecule has 0 radical (unpaired) electrons. The Morgan fingerprint density at radius 1 is 1.00 bits per heavy atom. The standard InChI is InChI=1S/C24H27N5O2/c1-16-4-6-18(7-5-16)23(30)29-14-10-19(15-29)24(31)28-12-8-17(9-13-28)21-26-20-3-2-11-25-22(20)27-21/h2-7,11,17,19H,8-10,12-15H2,1H3,(H,25,26,27). The molecule has 0 aliphatic carbocycles. The fourth-order valence-electron chi connectivity index (χ4n) is 4.71. The molecule has 1 atom stereocenters. The van der Waals surface area contributed by atoms with Crippen LogP contribution in [0.3, 0.4) is 0 Å². The van der Waals surface area contributed by atoms with Crippen molar-refractivity contribution in [2.75, 3.05) is 26.2 Å². The number of nitrogens with zero attached hydrogens (tertiary/aromatic N) is 4. The van der Waals surface area contributed by atoms with Gasteiger partial charge in [0.2, 0.25) is 5.91 Å². The number of likely N-dealkylation sites (tertiary alicyclic amines) is 2. The van der Waals surface area contributed by atoms with Crippen molar-refractivity contribution in [1.82, 2.24) is 24.8 Å². The van der Waals surface area contributed by atoms with Crippen LogP contribution in [0.1, 0.15) is 46.9 Å². The van der Waals surface area contributed by atoms with E-state index in [0.717, 1.165) is 54.9 Å². The van der Waals surface area contributed by atoms with Crippen LogP contribution < -0.4 is 0 Å². The van der Waals surface area contributed by atoms with Crippen LogP contribution in [0.5, 0.6) is 0 Å². The first-order valence-electron chi connectivity index (χ1n) is 11.0. The normalized spacial score (nSPS) is 19.8. The zero-order chi connectivity index (χ0) is 21.4. The molecular formula is C24H27N5O2. The van der Waals surface area contributed by atoms with Crippen molar-refractivity contribution in [3.8, 4) is 0 Å². The van der Waals surface area contributed by atoms with Crippen molar-refractivity contribution in [3.63, 3.8) is 0 Å². The van der Waals surface area contributed by atoms with Crippen LogP contribution in [0.4, 0.5) is 0 Å². The Kier molecular flexibility index (Phi) is 5.18. The number of hydrogen-bond acceptors (Lipinski definition) is 4. The number of nitrogens with one attached hydrogen (secondary N) is 1. The summed E-state index contributed by atoms with van der Waals surface area (Å²) in [6, 6.07) is 11.5. The molecule has 3 aromatic rings. The molecule has 4 heterocycles. The van der Waals surface area contributed by atoms with Gasteiger partial charge in [-0.05, 0) is 50.5 Å². The summed E-state index contributed by atoms with van der Waals surface area (Å²) in [5.74, 6) is 1.40. The third-order valence-electron chi connectivity index (χ3n) is 6.59. The lowest BCUT2D eigenvalue weighted by atomic mass is 9.95. The number of imidazole rings is 1. The molecule has 0 spiro atoms. The first-order valence-corrected chi connectivity index (χ1v) is 11.0. The molecule has 7 nitrogen and oxygen atoms in total. The molecule has 0 bridgehead atoms. The van der Waals surface area contributed by atoms with E-state index in [2.05, 4.69) is 15.0 Å². The number of benzene rings is 1. The average Bonchev–Trinajstić information content (AvgIpc) is 3.46. The summed E-state index contributed by atoms with van der Waals surface area (Å²) in [6.45, 7) is 4.63. The number of H-pyrrole nitrogens is 1. The Labute approximate surface area is 181 Å². The fraction of sp³-hybridized carbons (Fsp3) is 0.417. The van der Waals surface area contributed by atoms with Crippen LogP contribution in [0.15, 0.2) is 42.6 Å². The number of amides is 2.